The molecule has 4 heteroatoms. The zero-order chi connectivity index (χ0) is 10.3. The molecular formula is C9H18BrNO2. The van der Waals surface area contributed by atoms with Crippen LogP contribution in [0.25, 0.3) is 0 Å². The van der Waals surface area contributed by atoms with Crippen LogP contribution in [0, 0.1) is 0 Å². The van der Waals surface area contributed by atoms with Crippen molar-refractivity contribution in [3.63, 3.8) is 0 Å². The van der Waals surface area contributed by atoms with Gasteiger partial charge in [-0.25, -0.2) is 0 Å². The van der Waals surface area contributed by atoms with E-state index >= 15 is 0 Å². The minimum Gasteiger partial charge on any atom is -0.372 e. The maximum Gasteiger partial charge on any atom is 0.246 e. The molecule has 0 aromatic carbocycles. The Bertz CT molecular complexity index is 151. The van der Waals surface area contributed by atoms with E-state index in [0.29, 0.717) is 11.4 Å². The predicted molar refractivity (Wildman–Crippen MR) is 57.1 cm³/mol. The van der Waals surface area contributed by atoms with Crippen molar-refractivity contribution in [2.45, 2.75) is 38.1 Å². The number of carbonyl (C=O) groups excluding carboxylic acids is 1. The number of rotatable bonds is 6. The van der Waals surface area contributed by atoms with Crippen LogP contribution in [-0.2, 0) is 9.53 Å². The molecule has 3 nitrogen and oxygen atoms in total. The Balaban J connectivity index is 3.53. The van der Waals surface area contributed by atoms with Crippen LogP contribution in [0.1, 0.15) is 27.2 Å². The third-order valence-electron chi connectivity index (χ3n) is 1.52. The van der Waals surface area contributed by atoms with Crippen molar-refractivity contribution in [2.75, 3.05) is 13.2 Å². The Labute approximate surface area is 88.4 Å². The van der Waals surface area contributed by atoms with Crippen molar-refractivity contribution in [1.82, 2.24) is 5.32 Å². The van der Waals surface area contributed by atoms with Gasteiger partial charge in [-0.05, 0) is 20.3 Å². The molecule has 0 aliphatic heterocycles. The third kappa shape index (κ3) is 8.25. The molecule has 2 unspecified atom stereocenters. The lowest BCUT2D eigenvalue weighted by Gasteiger charge is -2.14. The molecule has 0 radical (unpaired) electrons. The Morgan fingerprint density at radius 3 is 2.62 bits per heavy atom. The minimum absolute atomic E-state index is 0.0394. The number of nitrogens with one attached hydrogen (secondary N) is 1. The summed E-state index contributed by atoms with van der Waals surface area (Å²) in [7, 11) is 0. The monoisotopic (exact) mass is 251 g/mol. The van der Waals surface area contributed by atoms with Crippen molar-refractivity contribution in [3.05, 3.63) is 0 Å². The van der Waals surface area contributed by atoms with Crippen LogP contribution in [0.2, 0.25) is 0 Å². The topological polar surface area (TPSA) is 38.3 Å². The molecule has 0 aliphatic rings. The Hall–Kier alpha value is -0.0900. The summed E-state index contributed by atoms with van der Waals surface area (Å²) in [5, 5.41) is 2.85. The molecule has 1 N–H and O–H groups in total. The fourth-order valence-corrected chi connectivity index (χ4v) is 1.62. The second-order valence-electron chi connectivity index (χ2n) is 3.12. The molecule has 0 spiro atoms. The van der Waals surface area contributed by atoms with E-state index in [1.165, 1.54) is 0 Å². The van der Waals surface area contributed by atoms with Gasteiger partial charge in [0.2, 0.25) is 5.91 Å². The van der Waals surface area contributed by atoms with Gasteiger partial charge in [0.05, 0.1) is 0 Å². The number of hydrogen-bond donors (Lipinski definition) is 1. The number of hydrogen-bond acceptors (Lipinski definition) is 2. The van der Waals surface area contributed by atoms with Crippen molar-refractivity contribution < 1.29 is 9.53 Å². The highest BCUT2D eigenvalue weighted by Crippen LogP contribution is 2.06. The second-order valence-corrected chi connectivity index (χ2v) is 4.69. The summed E-state index contributed by atoms with van der Waals surface area (Å²) < 4.78 is 4.98. The third-order valence-corrected chi connectivity index (χ3v) is 1.90. The quantitative estimate of drug-likeness (QED) is 0.731. The fourth-order valence-electron chi connectivity index (χ4n) is 1.06. The lowest BCUT2D eigenvalue weighted by atomic mass is 10.2. The van der Waals surface area contributed by atoms with Gasteiger partial charge < -0.3 is 10.1 Å². The van der Waals surface area contributed by atoms with Gasteiger partial charge in [-0.2, -0.15) is 0 Å². The van der Waals surface area contributed by atoms with E-state index < -0.39 is 0 Å². The van der Waals surface area contributed by atoms with E-state index in [1.54, 1.807) is 0 Å². The van der Waals surface area contributed by atoms with Crippen LogP contribution < -0.4 is 5.32 Å². The molecule has 2 atom stereocenters. The van der Waals surface area contributed by atoms with E-state index in [2.05, 4.69) is 28.2 Å². The van der Waals surface area contributed by atoms with E-state index in [-0.39, 0.29) is 18.6 Å². The molecule has 0 bridgehead atoms. The number of ether oxygens (including phenoxy) is 1. The molecule has 1 amide bonds. The van der Waals surface area contributed by atoms with Gasteiger partial charge in [0, 0.05) is 17.5 Å². The molecule has 13 heavy (non-hydrogen) atoms. The van der Waals surface area contributed by atoms with Gasteiger partial charge in [0.1, 0.15) is 6.61 Å². The summed E-state index contributed by atoms with van der Waals surface area (Å²) in [6, 6.07) is 0.197. The van der Waals surface area contributed by atoms with Crippen LogP contribution in [-0.4, -0.2) is 30.0 Å². The maximum absolute atomic E-state index is 11.1. The normalized spacial score (nSPS) is 15.1. The number of alkyl halides is 1. The molecular weight excluding hydrogens is 234 g/mol. The van der Waals surface area contributed by atoms with Crippen molar-refractivity contribution in [1.29, 1.82) is 0 Å². The summed E-state index contributed by atoms with van der Waals surface area (Å²) in [5.74, 6) is -0.0394. The molecule has 0 rings (SSSR count). The number of amides is 1. The molecule has 0 aliphatic carbocycles. The minimum atomic E-state index is -0.0394. The standard InChI is InChI=1S/C9H18BrNO2/c1-4-13-6-9(12)11-8(3)5-7(2)10/h7-8H,4-6H2,1-3H3,(H,11,12). The van der Waals surface area contributed by atoms with Crippen molar-refractivity contribution >= 4 is 21.8 Å². The summed E-state index contributed by atoms with van der Waals surface area (Å²) in [5.41, 5.74) is 0. The first kappa shape index (κ1) is 12.9. The highest BCUT2D eigenvalue weighted by atomic mass is 79.9. The zero-order valence-corrected chi connectivity index (χ0v) is 10.1. The van der Waals surface area contributed by atoms with Crippen LogP contribution in [0.15, 0.2) is 0 Å². The van der Waals surface area contributed by atoms with Crippen LogP contribution >= 0.6 is 15.9 Å². The van der Waals surface area contributed by atoms with E-state index in [1.807, 2.05) is 13.8 Å². The summed E-state index contributed by atoms with van der Waals surface area (Å²) in [6.45, 7) is 6.66. The van der Waals surface area contributed by atoms with Gasteiger partial charge in [-0.1, -0.05) is 22.9 Å². The van der Waals surface area contributed by atoms with E-state index in [9.17, 15) is 4.79 Å². The predicted octanol–water partition coefficient (Wildman–Crippen LogP) is 1.70. The Kier molecular flexibility index (Phi) is 7.28. The average molecular weight is 252 g/mol. The number of carbonyl (C=O) groups is 1. The van der Waals surface area contributed by atoms with Crippen LogP contribution in [0.3, 0.4) is 0 Å². The maximum atomic E-state index is 11.1. The molecule has 0 aromatic rings. The SMILES string of the molecule is CCOCC(=O)NC(C)CC(C)Br. The first-order chi connectivity index (χ1) is 6.06. The molecule has 0 heterocycles. The lowest BCUT2D eigenvalue weighted by Crippen LogP contribution is -2.36. The Morgan fingerprint density at radius 2 is 2.15 bits per heavy atom. The highest BCUT2D eigenvalue weighted by molar-refractivity contribution is 9.09. The molecule has 78 valence electrons. The summed E-state index contributed by atoms with van der Waals surface area (Å²) in [4.78, 5) is 11.6. The molecule has 0 saturated heterocycles. The Morgan fingerprint density at radius 1 is 1.54 bits per heavy atom. The fraction of sp³-hybridized carbons (Fsp3) is 0.889. The van der Waals surface area contributed by atoms with Gasteiger partial charge in [0.15, 0.2) is 0 Å². The van der Waals surface area contributed by atoms with E-state index in [0.717, 1.165) is 6.42 Å². The smallest absolute Gasteiger partial charge is 0.246 e. The van der Waals surface area contributed by atoms with Gasteiger partial charge in [0.25, 0.3) is 0 Å². The van der Waals surface area contributed by atoms with Crippen LogP contribution in [0.5, 0.6) is 0 Å². The van der Waals surface area contributed by atoms with E-state index in [4.69, 9.17) is 4.74 Å². The van der Waals surface area contributed by atoms with Gasteiger partial charge in [-0.3, -0.25) is 4.79 Å². The van der Waals surface area contributed by atoms with Crippen LogP contribution in [0.4, 0.5) is 0 Å². The zero-order valence-electron chi connectivity index (χ0n) is 8.47. The molecule has 0 fully saturated rings. The van der Waals surface area contributed by atoms with Gasteiger partial charge in [-0.15, -0.1) is 0 Å². The lowest BCUT2D eigenvalue weighted by molar-refractivity contribution is -0.126. The second kappa shape index (κ2) is 7.33. The van der Waals surface area contributed by atoms with Crippen molar-refractivity contribution in [2.24, 2.45) is 0 Å². The summed E-state index contributed by atoms with van der Waals surface area (Å²) >= 11 is 3.44. The summed E-state index contributed by atoms with van der Waals surface area (Å²) in [6.07, 6.45) is 0.928. The first-order valence-electron chi connectivity index (χ1n) is 4.57. The largest absolute Gasteiger partial charge is 0.372 e. The first-order valence-corrected chi connectivity index (χ1v) is 5.49. The van der Waals surface area contributed by atoms with Crippen molar-refractivity contribution in [3.8, 4) is 0 Å². The van der Waals surface area contributed by atoms with Gasteiger partial charge >= 0.3 is 0 Å². The molecule has 0 aromatic heterocycles. The molecule has 0 saturated carbocycles. The average Bonchev–Trinajstić information content (AvgIpc) is 1.98. The highest BCUT2D eigenvalue weighted by Gasteiger charge is 2.08. The number of halogens is 1.